The molecule has 7 heteroatoms. The zero-order chi connectivity index (χ0) is 16.7. The molecule has 1 aliphatic rings. The standard InChI is InChI=1S/C17H15N3O3S/c1-22-9-5-6-11(23-2)10(8-9)14-13-15(12-4-3-7-24-12)19-20-16(13)17(21)18-14/h3-8,14H,1-2H3,(H,18,21)(H,19,20). The van der Waals surface area contributed by atoms with Crippen LogP contribution in [0.3, 0.4) is 0 Å². The van der Waals surface area contributed by atoms with Crippen molar-refractivity contribution in [3.05, 3.63) is 52.5 Å². The minimum atomic E-state index is -0.339. The number of nitrogens with zero attached hydrogens (tertiary/aromatic N) is 1. The average Bonchev–Trinajstić information content (AvgIpc) is 3.32. The first-order valence-corrected chi connectivity index (χ1v) is 8.25. The fourth-order valence-electron chi connectivity index (χ4n) is 2.98. The number of hydrogen-bond donors (Lipinski definition) is 2. The van der Waals surface area contributed by atoms with Crippen LogP contribution in [0, 0.1) is 0 Å². The molecule has 24 heavy (non-hydrogen) atoms. The maximum absolute atomic E-state index is 12.3. The molecule has 3 heterocycles. The lowest BCUT2D eigenvalue weighted by atomic mass is 9.98. The van der Waals surface area contributed by atoms with Gasteiger partial charge in [-0.3, -0.25) is 9.89 Å². The van der Waals surface area contributed by atoms with Gasteiger partial charge in [0.25, 0.3) is 5.91 Å². The molecule has 0 fully saturated rings. The molecule has 6 nitrogen and oxygen atoms in total. The molecule has 1 unspecified atom stereocenters. The Labute approximate surface area is 142 Å². The molecule has 0 spiro atoms. The summed E-state index contributed by atoms with van der Waals surface area (Å²) >= 11 is 1.60. The van der Waals surface area contributed by atoms with Gasteiger partial charge in [-0.1, -0.05) is 6.07 Å². The molecule has 1 aromatic carbocycles. The molecule has 3 aromatic rings. The predicted molar refractivity (Wildman–Crippen MR) is 90.8 cm³/mol. The number of carbonyl (C=O) groups excluding carboxylic acids is 1. The maximum Gasteiger partial charge on any atom is 0.272 e. The first kappa shape index (κ1) is 14.8. The van der Waals surface area contributed by atoms with Crippen LogP contribution < -0.4 is 14.8 Å². The summed E-state index contributed by atoms with van der Waals surface area (Å²) in [7, 11) is 3.22. The molecule has 122 valence electrons. The van der Waals surface area contributed by atoms with E-state index in [4.69, 9.17) is 9.47 Å². The molecular weight excluding hydrogens is 326 g/mol. The molecule has 0 aliphatic carbocycles. The van der Waals surface area contributed by atoms with Crippen molar-refractivity contribution in [3.8, 4) is 22.1 Å². The van der Waals surface area contributed by atoms with Crippen LogP contribution in [0.5, 0.6) is 11.5 Å². The van der Waals surface area contributed by atoms with E-state index >= 15 is 0 Å². The van der Waals surface area contributed by atoms with E-state index in [0.29, 0.717) is 17.2 Å². The largest absolute Gasteiger partial charge is 0.497 e. The summed E-state index contributed by atoms with van der Waals surface area (Å²) in [6.07, 6.45) is 0. The Morgan fingerprint density at radius 3 is 2.79 bits per heavy atom. The zero-order valence-electron chi connectivity index (χ0n) is 13.1. The Bertz CT molecular complexity index is 902. The molecular formula is C17H15N3O3S. The van der Waals surface area contributed by atoms with Gasteiger partial charge in [0, 0.05) is 11.1 Å². The highest BCUT2D eigenvalue weighted by molar-refractivity contribution is 7.13. The second-order valence-electron chi connectivity index (χ2n) is 5.35. The van der Waals surface area contributed by atoms with Crippen LogP contribution in [0.15, 0.2) is 35.7 Å². The fourth-order valence-corrected chi connectivity index (χ4v) is 3.72. The Balaban J connectivity index is 1.89. The first-order chi connectivity index (χ1) is 11.7. The highest BCUT2D eigenvalue weighted by atomic mass is 32.1. The van der Waals surface area contributed by atoms with E-state index in [-0.39, 0.29) is 11.9 Å². The number of methoxy groups -OCH3 is 2. The van der Waals surface area contributed by atoms with Crippen LogP contribution in [-0.2, 0) is 0 Å². The molecule has 1 aliphatic heterocycles. The van der Waals surface area contributed by atoms with Crippen molar-refractivity contribution >= 4 is 17.2 Å². The maximum atomic E-state index is 12.3. The third-order valence-electron chi connectivity index (χ3n) is 4.10. The van der Waals surface area contributed by atoms with E-state index < -0.39 is 0 Å². The van der Waals surface area contributed by atoms with Crippen LogP contribution in [0.1, 0.15) is 27.7 Å². The smallest absolute Gasteiger partial charge is 0.272 e. The van der Waals surface area contributed by atoms with Crippen molar-refractivity contribution in [3.63, 3.8) is 0 Å². The molecule has 4 rings (SSSR count). The topological polar surface area (TPSA) is 76.2 Å². The highest BCUT2D eigenvalue weighted by Crippen LogP contribution is 2.42. The lowest BCUT2D eigenvalue weighted by Gasteiger charge is -2.17. The number of fused-ring (bicyclic) bond motifs is 1. The summed E-state index contributed by atoms with van der Waals surface area (Å²) in [4.78, 5) is 13.4. The van der Waals surface area contributed by atoms with Crippen LogP contribution in [0.25, 0.3) is 10.6 Å². The molecule has 2 aromatic heterocycles. The number of thiophene rings is 1. The summed E-state index contributed by atoms with van der Waals surface area (Å²) in [6, 6.07) is 9.18. The summed E-state index contributed by atoms with van der Waals surface area (Å²) in [6.45, 7) is 0. The molecule has 0 bridgehead atoms. The van der Waals surface area contributed by atoms with Gasteiger partial charge in [0.15, 0.2) is 5.69 Å². The SMILES string of the molecule is COc1ccc(OC)c(C2NC(=O)c3n[nH]c(-c4cccs4)c32)c1. The molecule has 0 radical (unpaired) electrons. The van der Waals surface area contributed by atoms with Crippen molar-refractivity contribution in [1.29, 1.82) is 0 Å². The fraction of sp³-hybridized carbons (Fsp3) is 0.176. The molecule has 1 atom stereocenters. The van der Waals surface area contributed by atoms with Crippen LogP contribution >= 0.6 is 11.3 Å². The van der Waals surface area contributed by atoms with E-state index in [2.05, 4.69) is 15.5 Å². The normalized spacial score (nSPS) is 15.9. The van der Waals surface area contributed by atoms with E-state index in [1.807, 2.05) is 35.7 Å². The molecule has 0 saturated heterocycles. The van der Waals surface area contributed by atoms with Gasteiger partial charge in [-0.25, -0.2) is 0 Å². The van der Waals surface area contributed by atoms with Gasteiger partial charge in [0.1, 0.15) is 11.5 Å². The number of nitrogens with one attached hydrogen (secondary N) is 2. The number of aromatic amines is 1. The second kappa shape index (κ2) is 5.68. The van der Waals surface area contributed by atoms with E-state index in [0.717, 1.165) is 21.7 Å². The molecule has 2 N–H and O–H groups in total. The zero-order valence-corrected chi connectivity index (χ0v) is 13.9. The number of benzene rings is 1. The Hall–Kier alpha value is -2.80. The molecule has 1 amide bonds. The number of hydrogen-bond acceptors (Lipinski definition) is 5. The number of amides is 1. The Kier molecular flexibility index (Phi) is 3.50. The molecule has 0 saturated carbocycles. The van der Waals surface area contributed by atoms with Crippen molar-refractivity contribution < 1.29 is 14.3 Å². The van der Waals surface area contributed by atoms with Crippen LogP contribution in [0.2, 0.25) is 0 Å². The summed E-state index contributed by atoms with van der Waals surface area (Å²) in [5, 5.41) is 12.2. The minimum absolute atomic E-state index is 0.195. The second-order valence-corrected chi connectivity index (χ2v) is 6.30. The van der Waals surface area contributed by atoms with E-state index in [1.165, 1.54) is 0 Å². The Morgan fingerprint density at radius 2 is 2.08 bits per heavy atom. The lowest BCUT2D eigenvalue weighted by molar-refractivity contribution is 0.0955. The first-order valence-electron chi connectivity index (χ1n) is 7.38. The van der Waals surface area contributed by atoms with Crippen molar-refractivity contribution in [2.45, 2.75) is 6.04 Å². The average molecular weight is 341 g/mol. The van der Waals surface area contributed by atoms with Crippen LogP contribution in [-0.4, -0.2) is 30.3 Å². The number of ether oxygens (including phenoxy) is 2. The summed E-state index contributed by atoms with van der Waals surface area (Å²) in [5.74, 6) is 1.20. The van der Waals surface area contributed by atoms with Crippen molar-refractivity contribution in [2.75, 3.05) is 14.2 Å². The van der Waals surface area contributed by atoms with E-state index in [9.17, 15) is 4.79 Å². The number of carbonyl (C=O) groups is 1. The van der Waals surface area contributed by atoms with Gasteiger partial charge in [-0.15, -0.1) is 11.3 Å². The predicted octanol–water partition coefficient (Wildman–Crippen LogP) is 2.99. The number of aromatic nitrogens is 2. The summed E-state index contributed by atoms with van der Waals surface area (Å²) < 4.78 is 10.8. The lowest BCUT2D eigenvalue weighted by Crippen LogP contribution is -2.21. The van der Waals surface area contributed by atoms with Gasteiger partial charge in [-0.05, 0) is 29.6 Å². The van der Waals surface area contributed by atoms with Crippen LogP contribution in [0.4, 0.5) is 0 Å². The monoisotopic (exact) mass is 341 g/mol. The Morgan fingerprint density at radius 1 is 1.21 bits per heavy atom. The van der Waals surface area contributed by atoms with Crippen molar-refractivity contribution in [2.24, 2.45) is 0 Å². The van der Waals surface area contributed by atoms with E-state index in [1.54, 1.807) is 25.6 Å². The number of rotatable bonds is 4. The number of H-pyrrole nitrogens is 1. The van der Waals surface area contributed by atoms with Gasteiger partial charge in [0.2, 0.25) is 0 Å². The third-order valence-corrected chi connectivity index (χ3v) is 4.99. The summed E-state index contributed by atoms with van der Waals surface area (Å²) in [5.41, 5.74) is 2.96. The third kappa shape index (κ3) is 2.16. The minimum Gasteiger partial charge on any atom is -0.497 e. The van der Waals surface area contributed by atoms with Gasteiger partial charge in [0.05, 0.1) is 30.8 Å². The quantitative estimate of drug-likeness (QED) is 0.765. The van der Waals surface area contributed by atoms with Gasteiger partial charge in [-0.2, -0.15) is 5.10 Å². The highest BCUT2D eigenvalue weighted by Gasteiger charge is 2.37. The van der Waals surface area contributed by atoms with Gasteiger partial charge >= 0.3 is 0 Å². The van der Waals surface area contributed by atoms with Crippen molar-refractivity contribution in [1.82, 2.24) is 15.5 Å². The van der Waals surface area contributed by atoms with Gasteiger partial charge < -0.3 is 14.8 Å².